The summed E-state index contributed by atoms with van der Waals surface area (Å²) >= 11 is 0. The van der Waals surface area contributed by atoms with Gasteiger partial charge in [0.15, 0.2) is 5.75 Å². The summed E-state index contributed by atoms with van der Waals surface area (Å²) in [7, 11) is 4.10. The number of unbranched alkanes of at least 4 members (excludes halogenated alkanes) is 3. The number of fused-ring (bicyclic) bond motifs is 1. The van der Waals surface area contributed by atoms with E-state index in [1.807, 2.05) is 27.1 Å². The van der Waals surface area contributed by atoms with Gasteiger partial charge < -0.3 is 14.2 Å². The Labute approximate surface area is 173 Å². The predicted octanol–water partition coefficient (Wildman–Crippen LogP) is 4.15. The minimum absolute atomic E-state index is 0.276. The summed E-state index contributed by atoms with van der Waals surface area (Å²) in [5.41, 5.74) is 5.42. The molecular weight excluding hydrogens is 368 g/mol. The van der Waals surface area contributed by atoms with Crippen LogP contribution in [0.2, 0.25) is 0 Å². The fourth-order valence-electron chi connectivity index (χ4n) is 3.61. The number of amides is 1. The van der Waals surface area contributed by atoms with Gasteiger partial charge in [0.2, 0.25) is 5.91 Å². The molecule has 6 heteroatoms. The number of carbonyl (C=O) groups excluding carboxylic acids is 1. The number of rotatable bonds is 11. The molecule has 0 aliphatic rings. The van der Waals surface area contributed by atoms with Crippen LogP contribution < -0.4 is 15.9 Å². The van der Waals surface area contributed by atoms with Gasteiger partial charge in [-0.25, -0.2) is 4.79 Å². The van der Waals surface area contributed by atoms with Crippen molar-refractivity contribution in [2.45, 2.75) is 65.7 Å². The quantitative estimate of drug-likeness (QED) is 0.347. The number of hydroxylamine groups is 1. The zero-order chi connectivity index (χ0) is 21.4. The second kappa shape index (κ2) is 11.0. The zero-order valence-electron chi connectivity index (χ0n) is 18.4. The number of hydrogen-bond donors (Lipinski definition) is 1. The van der Waals surface area contributed by atoms with Crippen molar-refractivity contribution in [3.63, 3.8) is 0 Å². The van der Waals surface area contributed by atoms with Gasteiger partial charge in [0.05, 0.1) is 0 Å². The number of carbonyl (C=O) groups is 1. The summed E-state index contributed by atoms with van der Waals surface area (Å²) in [6, 6.07) is 3.61. The van der Waals surface area contributed by atoms with Crippen molar-refractivity contribution in [1.82, 2.24) is 10.4 Å². The van der Waals surface area contributed by atoms with E-state index in [-0.39, 0.29) is 11.5 Å². The Bertz CT molecular complexity index is 887. The van der Waals surface area contributed by atoms with E-state index in [0.717, 1.165) is 60.7 Å². The maximum atomic E-state index is 12.6. The van der Waals surface area contributed by atoms with Gasteiger partial charge >= 0.3 is 5.63 Å². The summed E-state index contributed by atoms with van der Waals surface area (Å²) in [5, 5.41) is 0.990. The lowest BCUT2D eigenvalue weighted by Crippen LogP contribution is -2.23. The summed E-state index contributed by atoms with van der Waals surface area (Å²) in [6.07, 6.45) is 6.99. The molecule has 0 fully saturated rings. The van der Waals surface area contributed by atoms with E-state index in [2.05, 4.69) is 17.3 Å². The van der Waals surface area contributed by atoms with Crippen molar-refractivity contribution < 1.29 is 14.0 Å². The molecule has 0 aliphatic heterocycles. The van der Waals surface area contributed by atoms with Gasteiger partial charge in [-0.2, -0.15) is 5.48 Å². The maximum absolute atomic E-state index is 12.6. The minimum atomic E-state index is -0.292. The van der Waals surface area contributed by atoms with E-state index in [4.69, 9.17) is 9.25 Å². The highest BCUT2D eigenvalue weighted by molar-refractivity contribution is 5.86. The van der Waals surface area contributed by atoms with Crippen LogP contribution in [0.4, 0.5) is 0 Å². The zero-order valence-corrected chi connectivity index (χ0v) is 18.4. The first-order valence-corrected chi connectivity index (χ1v) is 10.5. The van der Waals surface area contributed by atoms with Crippen molar-refractivity contribution in [3.05, 3.63) is 39.2 Å². The van der Waals surface area contributed by atoms with Crippen molar-refractivity contribution in [2.75, 3.05) is 20.6 Å². The third-order valence-corrected chi connectivity index (χ3v) is 5.08. The number of nitrogens with one attached hydrogen (secondary N) is 1. The third-order valence-electron chi connectivity index (χ3n) is 5.08. The number of hydrogen-bond acceptors (Lipinski definition) is 5. The van der Waals surface area contributed by atoms with Crippen LogP contribution in [0.15, 0.2) is 21.3 Å². The van der Waals surface area contributed by atoms with Crippen LogP contribution in [0.3, 0.4) is 0 Å². The van der Waals surface area contributed by atoms with Gasteiger partial charge in [-0.15, -0.1) is 0 Å². The highest BCUT2D eigenvalue weighted by Crippen LogP contribution is 2.30. The van der Waals surface area contributed by atoms with Gasteiger partial charge in [0.1, 0.15) is 5.58 Å². The van der Waals surface area contributed by atoms with Gasteiger partial charge in [0.25, 0.3) is 0 Å². The topological polar surface area (TPSA) is 71.8 Å². The lowest BCUT2D eigenvalue weighted by atomic mass is 9.95. The first-order valence-electron chi connectivity index (χ1n) is 10.5. The fourth-order valence-corrected chi connectivity index (χ4v) is 3.61. The molecule has 1 aromatic carbocycles. The number of benzene rings is 1. The maximum Gasteiger partial charge on any atom is 0.339 e. The molecule has 2 aromatic rings. The number of nitrogens with zero attached hydrogens (tertiary/aromatic N) is 1. The Hall–Kier alpha value is -2.34. The Kier molecular flexibility index (Phi) is 8.70. The molecule has 2 rings (SSSR count). The van der Waals surface area contributed by atoms with Gasteiger partial charge in [-0.1, -0.05) is 26.2 Å². The van der Waals surface area contributed by atoms with E-state index in [1.165, 1.54) is 19.8 Å². The second-order valence-electron chi connectivity index (χ2n) is 7.93. The molecular formula is C23H34N2O4. The molecule has 6 nitrogen and oxygen atoms in total. The fraction of sp³-hybridized carbons (Fsp3) is 0.565. The summed E-state index contributed by atoms with van der Waals surface area (Å²) in [6.45, 7) is 6.53. The normalized spacial score (nSPS) is 11.2. The molecule has 1 aromatic heterocycles. The second-order valence-corrected chi connectivity index (χ2v) is 7.93. The van der Waals surface area contributed by atoms with Crippen molar-refractivity contribution >= 4 is 16.9 Å². The Morgan fingerprint density at radius 2 is 1.90 bits per heavy atom. The molecule has 0 unspecified atom stereocenters. The largest absolute Gasteiger partial charge is 0.422 e. The molecule has 1 heterocycles. The predicted molar refractivity (Wildman–Crippen MR) is 116 cm³/mol. The minimum Gasteiger partial charge on any atom is -0.422 e. The summed E-state index contributed by atoms with van der Waals surface area (Å²) < 4.78 is 5.69. The van der Waals surface area contributed by atoms with E-state index < -0.39 is 0 Å². The molecule has 0 bridgehead atoms. The van der Waals surface area contributed by atoms with Gasteiger partial charge in [-0.05, 0) is 70.4 Å². The lowest BCUT2D eigenvalue weighted by Gasteiger charge is -2.15. The average molecular weight is 403 g/mol. The molecule has 29 heavy (non-hydrogen) atoms. The van der Waals surface area contributed by atoms with E-state index >= 15 is 0 Å². The highest BCUT2D eigenvalue weighted by atomic mass is 16.7. The van der Waals surface area contributed by atoms with Crippen LogP contribution in [-0.2, 0) is 17.6 Å². The molecule has 0 atom stereocenters. The first kappa shape index (κ1) is 22.9. The molecule has 160 valence electrons. The summed E-state index contributed by atoms with van der Waals surface area (Å²) in [4.78, 5) is 31.3. The van der Waals surface area contributed by atoms with Crippen molar-refractivity contribution in [2.24, 2.45) is 0 Å². The third kappa shape index (κ3) is 6.60. The molecule has 0 saturated heterocycles. The van der Waals surface area contributed by atoms with Crippen LogP contribution in [-0.4, -0.2) is 31.4 Å². The molecule has 1 N–H and O–H groups in total. The van der Waals surface area contributed by atoms with E-state index in [1.54, 1.807) is 6.07 Å². The first-order chi connectivity index (χ1) is 13.8. The Morgan fingerprint density at radius 3 is 2.55 bits per heavy atom. The SMILES string of the molecule is CCCCCCc1c(C)c2c(CCCN(C)C)cc(ONC(C)=O)cc2oc1=O. The van der Waals surface area contributed by atoms with Crippen molar-refractivity contribution in [1.29, 1.82) is 0 Å². The Balaban J connectivity index is 2.44. The van der Waals surface area contributed by atoms with Crippen LogP contribution in [0.5, 0.6) is 5.75 Å². The van der Waals surface area contributed by atoms with Crippen LogP contribution in [0.1, 0.15) is 62.6 Å². The smallest absolute Gasteiger partial charge is 0.339 e. The van der Waals surface area contributed by atoms with Crippen molar-refractivity contribution in [3.8, 4) is 5.75 Å². The molecule has 0 radical (unpaired) electrons. The van der Waals surface area contributed by atoms with Crippen LogP contribution >= 0.6 is 0 Å². The molecule has 0 saturated carbocycles. The Morgan fingerprint density at radius 1 is 1.14 bits per heavy atom. The van der Waals surface area contributed by atoms with Gasteiger partial charge in [0, 0.05) is 23.9 Å². The standard InChI is InChI=1S/C23H34N2O4/c1-6-7-8-9-12-20-16(2)22-18(11-10-13-25(4)5)14-19(29-24-17(3)26)15-21(22)28-23(20)27/h14-15H,6-13H2,1-5H3,(H,24,26). The average Bonchev–Trinajstić information content (AvgIpc) is 2.64. The molecule has 0 spiro atoms. The summed E-state index contributed by atoms with van der Waals surface area (Å²) in [5.74, 6) is 0.171. The molecule has 0 aliphatic carbocycles. The van der Waals surface area contributed by atoms with Crippen LogP contribution in [0, 0.1) is 6.92 Å². The highest BCUT2D eigenvalue weighted by Gasteiger charge is 2.16. The monoisotopic (exact) mass is 402 g/mol. The number of aryl methyl sites for hydroxylation is 2. The van der Waals surface area contributed by atoms with Crippen LogP contribution in [0.25, 0.3) is 11.0 Å². The van der Waals surface area contributed by atoms with E-state index in [0.29, 0.717) is 11.3 Å². The molecule has 1 amide bonds. The lowest BCUT2D eigenvalue weighted by molar-refractivity contribution is -0.125. The van der Waals surface area contributed by atoms with Gasteiger partial charge in [-0.3, -0.25) is 4.79 Å². The van der Waals surface area contributed by atoms with E-state index in [9.17, 15) is 9.59 Å².